The zero-order valence-corrected chi connectivity index (χ0v) is 13.9. The maximum absolute atomic E-state index is 12.7. The van der Waals surface area contributed by atoms with Crippen molar-refractivity contribution in [2.75, 3.05) is 16.8 Å². The van der Waals surface area contributed by atoms with E-state index in [9.17, 15) is 4.79 Å². The van der Waals surface area contributed by atoms with Gasteiger partial charge in [-0.2, -0.15) is 0 Å². The first-order chi connectivity index (χ1) is 11.1. The van der Waals surface area contributed by atoms with Crippen molar-refractivity contribution in [1.82, 2.24) is 0 Å². The number of rotatable bonds is 2. The fourth-order valence-electron chi connectivity index (χ4n) is 2.62. The third-order valence-electron chi connectivity index (χ3n) is 3.86. The molecule has 0 saturated heterocycles. The highest BCUT2D eigenvalue weighted by Crippen LogP contribution is 2.35. The summed E-state index contributed by atoms with van der Waals surface area (Å²) >= 11 is 5.98. The quantitative estimate of drug-likeness (QED) is 0.854. The highest BCUT2D eigenvalue weighted by Gasteiger charge is 2.29. The van der Waals surface area contributed by atoms with Gasteiger partial charge in [0.05, 0.1) is 12.2 Å². The number of amides is 2. The highest BCUT2D eigenvalue weighted by atomic mass is 35.5. The minimum absolute atomic E-state index is 0.00434. The molecule has 5 heteroatoms. The number of carbonyl (C=O) groups excluding carboxylic acids is 1. The number of fused-ring (bicyclic) bond motifs is 1. The maximum Gasteiger partial charge on any atom is 0.326 e. The third kappa shape index (κ3) is 3.42. The summed E-state index contributed by atoms with van der Waals surface area (Å²) < 4.78 is 5.94. The van der Waals surface area contributed by atoms with Gasteiger partial charge in [-0.3, -0.25) is 4.90 Å². The van der Waals surface area contributed by atoms with Crippen molar-refractivity contribution >= 4 is 29.0 Å². The molecule has 1 aliphatic heterocycles. The maximum atomic E-state index is 12.7. The number of halogens is 1. The SMILES string of the molecule is CC[C@@H]1CN(C(=O)Nc2cccc(Cl)c2)c2cc(C)ccc2O1. The summed E-state index contributed by atoms with van der Waals surface area (Å²) in [6.45, 7) is 4.58. The lowest BCUT2D eigenvalue weighted by Crippen LogP contribution is -2.45. The number of carbonyl (C=O) groups is 1. The lowest BCUT2D eigenvalue weighted by molar-refractivity contribution is 0.188. The van der Waals surface area contributed by atoms with Crippen molar-refractivity contribution in [3.63, 3.8) is 0 Å². The summed E-state index contributed by atoms with van der Waals surface area (Å²) in [5, 5.41) is 3.49. The summed E-state index contributed by atoms with van der Waals surface area (Å²) in [6.07, 6.45) is 0.837. The molecule has 1 atom stereocenters. The summed E-state index contributed by atoms with van der Waals surface area (Å²) in [7, 11) is 0. The Morgan fingerprint density at radius 3 is 2.91 bits per heavy atom. The van der Waals surface area contributed by atoms with Crippen LogP contribution in [0.3, 0.4) is 0 Å². The number of anilines is 2. The van der Waals surface area contributed by atoms with E-state index in [2.05, 4.69) is 12.2 Å². The number of nitrogens with zero attached hydrogens (tertiary/aromatic N) is 1. The van der Waals surface area contributed by atoms with Crippen LogP contribution in [0.25, 0.3) is 0 Å². The van der Waals surface area contributed by atoms with Gasteiger partial charge in [-0.05, 0) is 49.2 Å². The fourth-order valence-corrected chi connectivity index (χ4v) is 2.81. The number of benzene rings is 2. The van der Waals surface area contributed by atoms with Crippen molar-refractivity contribution in [1.29, 1.82) is 0 Å². The number of urea groups is 1. The third-order valence-corrected chi connectivity index (χ3v) is 4.10. The van der Waals surface area contributed by atoms with E-state index < -0.39 is 0 Å². The average Bonchev–Trinajstić information content (AvgIpc) is 2.53. The van der Waals surface area contributed by atoms with E-state index in [1.54, 1.807) is 17.0 Å². The van der Waals surface area contributed by atoms with E-state index in [0.717, 1.165) is 23.4 Å². The Morgan fingerprint density at radius 2 is 2.17 bits per heavy atom. The van der Waals surface area contributed by atoms with Crippen molar-refractivity contribution in [2.45, 2.75) is 26.4 Å². The van der Waals surface area contributed by atoms with Gasteiger partial charge in [0.2, 0.25) is 0 Å². The van der Waals surface area contributed by atoms with Crippen LogP contribution in [-0.2, 0) is 0 Å². The summed E-state index contributed by atoms with van der Waals surface area (Å²) in [6, 6.07) is 12.8. The zero-order valence-electron chi connectivity index (χ0n) is 13.2. The number of nitrogens with one attached hydrogen (secondary N) is 1. The first kappa shape index (κ1) is 15.7. The molecule has 0 fully saturated rings. The normalized spacial score (nSPS) is 16.5. The molecule has 0 saturated carbocycles. The molecule has 2 aromatic carbocycles. The van der Waals surface area contributed by atoms with Gasteiger partial charge in [-0.1, -0.05) is 30.7 Å². The smallest absolute Gasteiger partial charge is 0.326 e. The first-order valence-electron chi connectivity index (χ1n) is 7.68. The van der Waals surface area contributed by atoms with Gasteiger partial charge in [0.1, 0.15) is 11.9 Å². The van der Waals surface area contributed by atoms with Crippen LogP contribution in [0.2, 0.25) is 5.02 Å². The molecule has 120 valence electrons. The van der Waals surface area contributed by atoms with Crippen LogP contribution in [0.4, 0.5) is 16.2 Å². The number of hydrogen-bond donors (Lipinski definition) is 1. The standard InChI is InChI=1S/C18H19ClN2O2/c1-3-15-11-21(16-9-12(2)7-8-17(16)23-15)18(22)20-14-6-4-5-13(19)10-14/h4-10,15H,3,11H2,1-2H3,(H,20,22)/t15-/m1/s1. The van der Waals surface area contributed by atoms with Crippen molar-refractivity contribution < 1.29 is 9.53 Å². The molecule has 0 radical (unpaired) electrons. The molecule has 0 bridgehead atoms. The summed E-state index contributed by atoms with van der Waals surface area (Å²) in [5.41, 5.74) is 2.56. The van der Waals surface area contributed by atoms with E-state index in [0.29, 0.717) is 17.3 Å². The Bertz CT molecular complexity index is 733. The Hall–Kier alpha value is -2.20. The molecule has 2 amide bonds. The predicted molar refractivity (Wildman–Crippen MR) is 93.7 cm³/mol. The molecule has 0 spiro atoms. The lowest BCUT2D eigenvalue weighted by Gasteiger charge is -2.34. The zero-order chi connectivity index (χ0) is 16.4. The van der Waals surface area contributed by atoms with Crippen LogP contribution in [0.1, 0.15) is 18.9 Å². The van der Waals surface area contributed by atoms with Gasteiger partial charge in [-0.15, -0.1) is 0 Å². The van der Waals surface area contributed by atoms with Crippen molar-refractivity contribution in [2.24, 2.45) is 0 Å². The molecule has 1 aliphatic rings. The molecule has 2 aromatic rings. The molecule has 0 aromatic heterocycles. The molecule has 3 rings (SSSR count). The second-order valence-electron chi connectivity index (χ2n) is 5.67. The Morgan fingerprint density at radius 1 is 1.35 bits per heavy atom. The molecule has 1 heterocycles. The summed E-state index contributed by atoms with van der Waals surface area (Å²) in [5.74, 6) is 0.745. The van der Waals surface area contributed by atoms with Gasteiger partial charge in [-0.25, -0.2) is 4.79 Å². The summed E-state index contributed by atoms with van der Waals surface area (Å²) in [4.78, 5) is 14.5. The second kappa shape index (κ2) is 6.50. The van der Waals surface area contributed by atoms with Crippen molar-refractivity contribution in [3.8, 4) is 5.75 Å². The highest BCUT2D eigenvalue weighted by molar-refractivity contribution is 6.30. The van der Waals surface area contributed by atoms with Crippen LogP contribution in [-0.4, -0.2) is 18.7 Å². The minimum atomic E-state index is -0.180. The molecule has 1 N–H and O–H groups in total. The van der Waals surface area contributed by atoms with Crippen molar-refractivity contribution in [3.05, 3.63) is 53.1 Å². The second-order valence-corrected chi connectivity index (χ2v) is 6.11. The molecular formula is C18H19ClN2O2. The van der Waals surface area contributed by atoms with E-state index in [-0.39, 0.29) is 12.1 Å². The molecular weight excluding hydrogens is 312 g/mol. The average molecular weight is 331 g/mol. The van der Waals surface area contributed by atoms with E-state index in [1.165, 1.54) is 0 Å². The van der Waals surface area contributed by atoms with Gasteiger partial charge in [0, 0.05) is 10.7 Å². The molecule has 0 aliphatic carbocycles. The topological polar surface area (TPSA) is 41.6 Å². The molecule has 23 heavy (non-hydrogen) atoms. The Labute approximate surface area is 141 Å². The van der Waals surface area contributed by atoms with Crippen LogP contribution < -0.4 is 15.0 Å². The predicted octanol–water partition coefficient (Wildman–Crippen LogP) is 4.86. The monoisotopic (exact) mass is 330 g/mol. The Balaban J connectivity index is 1.88. The first-order valence-corrected chi connectivity index (χ1v) is 8.06. The van der Waals surface area contributed by atoms with E-state index >= 15 is 0 Å². The molecule has 0 unspecified atom stereocenters. The van der Waals surface area contributed by atoms with Crippen LogP contribution in [0.5, 0.6) is 5.75 Å². The van der Waals surface area contributed by atoms with E-state index in [1.807, 2.05) is 37.3 Å². The number of hydrogen-bond acceptors (Lipinski definition) is 2. The fraction of sp³-hybridized carbons (Fsp3) is 0.278. The minimum Gasteiger partial charge on any atom is -0.486 e. The van der Waals surface area contributed by atoms with Gasteiger partial charge < -0.3 is 10.1 Å². The van der Waals surface area contributed by atoms with E-state index in [4.69, 9.17) is 16.3 Å². The number of aryl methyl sites for hydroxylation is 1. The van der Waals surface area contributed by atoms with Gasteiger partial charge in [0.25, 0.3) is 0 Å². The molecule has 4 nitrogen and oxygen atoms in total. The van der Waals surface area contributed by atoms with Crippen LogP contribution in [0.15, 0.2) is 42.5 Å². The van der Waals surface area contributed by atoms with Crippen LogP contribution in [0, 0.1) is 6.92 Å². The lowest BCUT2D eigenvalue weighted by atomic mass is 10.1. The Kier molecular flexibility index (Phi) is 4.44. The number of ether oxygens (including phenoxy) is 1. The van der Waals surface area contributed by atoms with Crippen LogP contribution >= 0.6 is 11.6 Å². The van der Waals surface area contributed by atoms with Gasteiger partial charge in [0.15, 0.2) is 0 Å². The van der Waals surface area contributed by atoms with Gasteiger partial charge >= 0.3 is 6.03 Å². The largest absolute Gasteiger partial charge is 0.486 e.